The summed E-state index contributed by atoms with van der Waals surface area (Å²) in [5.74, 6) is 0.867. The van der Waals surface area contributed by atoms with Crippen molar-refractivity contribution in [3.63, 3.8) is 0 Å². The van der Waals surface area contributed by atoms with Crippen molar-refractivity contribution in [3.05, 3.63) is 0 Å². The van der Waals surface area contributed by atoms with E-state index in [4.69, 9.17) is 0 Å². The normalized spacial score (nSPS) is 63.5. The summed E-state index contributed by atoms with van der Waals surface area (Å²) in [6.45, 7) is 6.25. The van der Waals surface area contributed by atoms with Crippen molar-refractivity contribution < 1.29 is 5.11 Å². The molecule has 0 aromatic carbocycles. The molecule has 13 heavy (non-hydrogen) atoms. The second-order valence-electron chi connectivity index (χ2n) is 5.78. The number of aliphatic hydroxyl groups is 1. The number of hydrogen-bond donors (Lipinski definition) is 2. The van der Waals surface area contributed by atoms with Gasteiger partial charge < -0.3 is 10.4 Å². The minimum absolute atomic E-state index is 0.0741. The molecule has 2 nitrogen and oxygen atoms in total. The van der Waals surface area contributed by atoms with Gasteiger partial charge in [0.15, 0.2) is 0 Å². The van der Waals surface area contributed by atoms with Crippen molar-refractivity contribution in [3.8, 4) is 0 Å². The third-order valence-electron chi connectivity index (χ3n) is 5.87. The van der Waals surface area contributed by atoms with E-state index < -0.39 is 0 Å². The Hall–Kier alpha value is -0.0800. The number of nitrogens with one attached hydrogen (secondary N) is 1. The highest BCUT2D eigenvalue weighted by molar-refractivity contribution is 5.27. The molecule has 2 aliphatic carbocycles. The molecule has 3 rings (SSSR count). The van der Waals surface area contributed by atoms with Gasteiger partial charge in [-0.1, -0.05) is 13.8 Å². The van der Waals surface area contributed by atoms with Crippen LogP contribution in [0.2, 0.25) is 0 Å². The lowest BCUT2D eigenvalue weighted by Gasteiger charge is -2.41. The Labute approximate surface area is 79.7 Å². The zero-order valence-corrected chi connectivity index (χ0v) is 8.56. The van der Waals surface area contributed by atoms with Crippen LogP contribution in [0.5, 0.6) is 0 Å². The molecule has 1 aliphatic heterocycles. The van der Waals surface area contributed by atoms with E-state index in [-0.39, 0.29) is 5.54 Å². The van der Waals surface area contributed by atoms with Gasteiger partial charge >= 0.3 is 0 Å². The first-order valence-electron chi connectivity index (χ1n) is 5.44. The highest BCUT2D eigenvalue weighted by Crippen LogP contribution is 2.72. The monoisotopic (exact) mass is 181 g/mol. The molecule has 4 bridgehead atoms. The first-order valence-corrected chi connectivity index (χ1v) is 5.44. The van der Waals surface area contributed by atoms with Crippen molar-refractivity contribution in [1.82, 2.24) is 5.32 Å². The summed E-state index contributed by atoms with van der Waals surface area (Å²) in [5, 5.41) is 13.2. The molecule has 1 saturated heterocycles. The largest absolute Gasteiger partial charge is 0.394 e. The van der Waals surface area contributed by atoms with Crippen LogP contribution in [0.3, 0.4) is 0 Å². The Bertz CT molecular complexity index is 267. The zero-order valence-electron chi connectivity index (χ0n) is 8.56. The second-order valence-corrected chi connectivity index (χ2v) is 5.78. The molecule has 0 amide bonds. The van der Waals surface area contributed by atoms with E-state index in [1.54, 1.807) is 0 Å². The third kappa shape index (κ3) is 0.581. The predicted molar refractivity (Wildman–Crippen MR) is 51.4 cm³/mol. The summed E-state index contributed by atoms with van der Waals surface area (Å²) in [6, 6.07) is 0. The molecule has 2 heteroatoms. The minimum atomic E-state index is 0.0741. The summed E-state index contributed by atoms with van der Waals surface area (Å²) < 4.78 is 0. The van der Waals surface area contributed by atoms with Crippen LogP contribution in [-0.4, -0.2) is 23.8 Å². The molecule has 0 aromatic heterocycles. The minimum Gasteiger partial charge on any atom is -0.394 e. The average molecular weight is 181 g/mol. The van der Waals surface area contributed by atoms with Gasteiger partial charge in [0.2, 0.25) is 0 Å². The second kappa shape index (κ2) is 1.96. The van der Waals surface area contributed by atoms with Gasteiger partial charge in [-0.2, -0.15) is 0 Å². The molecule has 4 atom stereocenters. The standard InChI is InChI=1S/C11H19NO/c1-9-6-12-11(7-13)5-8(9)3-4-10(9,11)2/h8,12-13H,3-7H2,1-2H3. The van der Waals surface area contributed by atoms with Crippen LogP contribution in [0.4, 0.5) is 0 Å². The lowest BCUT2D eigenvalue weighted by molar-refractivity contribution is 0.0650. The van der Waals surface area contributed by atoms with Crippen molar-refractivity contribution in [2.45, 2.75) is 38.6 Å². The summed E-state index contributed by atoms with van der Waals surface area (Å²) in [4.78, 5) is 0. The Morgan fingerprint density at radius 2 is 2.23 bits per heavy atom. The van der Waals surface area contributed by atoms with E-state index >= 15 is 0 Å². The average Bonchev–Trinajstić information content (AvgIpc) is 2.58. The number of hydrogen-bond acceptors (Lipinski definition) is 2. The highest BCUT2D eigenvalue weighted by atomic mass is 16.3. The molecule has 2 N–H and O–H groups in total. The summed E-state index contributed by atoms with van der Waals surface area (Å²) >= 11 is 0. The van der Waals surface area contributed by atoms with Crippen molar-refractivity contribution >= 4 is 0 Å². The fraction of sp³-hybridized carbons (Fsp3) is 1.00. The van der Waals surface area contributed by atoms with Crippen LogP contribution < -0.4 is 5.32 Å². The maximum Gasteiger partial charge on any atom is 0.0619 e. The molecule has 3 aliphatic rings. The van der Waals surface area contributed by atoms with Gasteiger partial charge in [-0.05, 0) is 36.0 Å². The quantitative estimate of drug-likeness (QED) is 0.636. The first kappa shape index (κ1) is 8.25. The Morgan fingerprint density at radius 1 is 1.46 bits per heavy atom. The summed E-state index contributed by atoms with van der Waals surface area (Å²) in [6.07, 6.45) is 3.90. The first-order chi connectivity index (χ1) is 6.08. The van der Waals surface area contributed by atoms with E-state index in [0.29, 0.717) is 17.4 Å². The Kier molecular flexibility index (Phi) is 1.24. The molecule has 0 spiro atoms. The van der Waals surface area contributed by atoms with Crippen molar-refractivity contribution in [2.75, 3.05) is 13.2 Å². The van der Waals surface area contributed by atoms with Gasteiger partial charge in [0.25, 0.3) is 0 Å². The topological polar surface area (TPSA) is 32.3 Å². The van der Waals surface area contributed by atoms with Crippen LogP contribution >= 0.6 is 0 Å². The molecule has 0 radical (unpaired) electrons. The fourth-order valence-corrected chi connectivity index (χ4v) is 4.53. The molecular weight excluding hydrogens is 162 g/mol. The maximum absolute atomic E-state index is 9.58. The molecule has 4 unspecified atom stereocenters. The fourth-order valence-electron chi connectivity index (χ4n) is 4.53. The lowest BCUT2D eigenvalue weighted by Crippen LogP contribution is -2.53. The van der Waals surface area contributed by atoms with E-state index in [2.05, 4.69) is 19.2 Å². The maximum atomic E-state index is 9.58. The van der Waals surface area contributed by atoms with Gasteiger partial charge in [0.1, 0.15) is 0 Å². The van der Waals surface area contributed by atoms with Gasteiger partial charge in [-0.25, -0.2) is 0 Å². The van der Waals surface area contributed by atoms with Crippen molar-refractivity contribution in [2.24, 2.45) is 16.7 Å². The van der Waals surface area contributed by atoms with E-state index in [1.807, 2.05) is 0 Å². The van der Waals surface area contributed by atoms with Crippen LogP contribution in [0.15, 0.2) is 0 Å². The lowest BCUT2D eigenvalue weighted by atomic mass is 9.66. The van der Waals surface area contributed by atoms with Crippen LogP contribution in [0.1, 0.15) is 33.1 Å². The molecule has 1 heterocycles. The Morgan fingerprint density at radius 3 is 2.69 bits per heavy atom. The zero-order chi connectivity index (χ0) is 9.32. The van der Waals surface area contributed by atoms with Gasteiger partial charge in [0.05, 0.1) is 6.61 Å². The van der Waals surface area contributed by atoms with E-state index in [1.165, 1.54) is 19.3 Å². The van der Waals surface area contributed by atoms with Gasteiger partial charge in [-0.3, -0.25) is 0 Å². The molecule has 2 saturated carbocycles. The van der Waals surface area contributed by atoms with Crippen LogP contribution in [-0.2, 0) is 0 Å². The molecule has 74 valence electrons. The summed E-state index contributed by atoms with van der Waals surface area (Å²) in [7, 11) is 0. The van der Waals surface area contributed by atoms with Crippen LogP contribution in [0.25, 0.3) is 0 Å². The predicted octanol–water partition coefficient (Wildman–Crippen LogP) is 1.15. The van der Waals surface area contributed by atoms with Crippen LogP contribution in [0, 0.1) is 16.7 Å². The van der Waals surface area contributed by atoms with E-state index in [9.17, 15) is 5.11 Å². The smallest absolute Gasteiger partial charge is 0.0619 e. The molecule has 3 fully saturated rings. The number of piperidine rings is 1. The molecular formula is C11H19NO. The number of rotatable bonds is 1. The van der Waals surface area contributed by atoms with Gasteiger partial charge in [-0.15, -0.1) is 0 Å². The Balaban J connectivity index is 2.14. The number of aliphatic hydroxyl groups excluding tert-OH is 1. The van der Waals surface area contributed by atoms with Crippen molar-refractivity contribution in [1.29, 1.82) is 0 Å². The van der Waals surface area contributed by atoms with E-state index in [0.717, 1.165) is 12.5 Å². The third-order valence-corrected chi connectivity index (χ3v) is 5.87. The molecule has 0 aromatic rings. The summed E-state index contributed by atoms with van der Waals surface area (Å²) in [5.41, 5.74) is 0.903. The highest BCUT2D eigenvalue weighted by Gasteiger charge is 2.74. The van der Waals surface area contributed by atoms with Gasteiger partial charge in [0, 0.05) is 12.1 Å². The SMILES string of the molecule is CC12CNC3(CO)CC1CCC32C.